The quantitative estimate of drug-likeness (QED) is 0.489. The van der Waals surface area contributed by atoms with Crippen LogP contribution in [-0.4, -0.2) is 10.7 Å². The van der Waals surface area contributed by atoms with Crippen molar-refractivity contribution >= 4 is 22.8 Å². The highest BCUT2D eigenvalue weighted by atomic mass is 32.1. The predicted molar refractivity (Wildman–Crippen MR) is 74.8 cm³/mol. The van der Waals surface area contributed by atoms with Crippen molar-refractivity contribution in [3.8, 4) is 6.07 Å². The summed E-state index contributed by atoms with van der Waals surface area (Å²) in [6.07, 6.45) is 0. The average molecular weight is 286 g/mol. The Hall–Kier alpha value is -2.52. The zero-order valence-electron chi connectivity index (χ0n) is 10.6. The van der Waals surface area contributed by atoms with Gasteiger partial charge in [-0.15, -0.1) is 11.3 Å². The predicted octanol–water partition coefficient (Wildman–Crippen LogP) is 3.45. The highest BCUT2D eigenvalue weighted by molar-refractivity contribution is 7.10. The molecule has 2 aromatic rings. The Bertz CT molecular complexity index is 702. The lowest BCUT2D eigenvalue weighted by Gasteiger charge is -2.06. The molecule has 2 rings (SSSR count). The summed E-state index contributed by atoms with van der Waals surface area (Å²) in [7, 11) is 0. The molecule has 6 heteroatoms. The maximum Gasteiger partial charge on any atom is 0.273 e. The molecule has 5 nitrogen and oxygen atoms in total. The van der Waals surface area contributed by atoms with Gasteiger partial charge in [-0.2, -0.15) is 5.26 Å². The molecule has 0 aliphatic rings. The lowest BCUT2D eigenvalue weighted by molar-refractivity contribution is -0.385. The van der Waals surface area contributed by atoms with Gasteiger partial charge in [0.25, 0.3) is 5.69 Å². The van der Waals surface area contributed by atoms with Gasteiger partial charge in [0.15, 0.2) is 5.78 Å². The first-order valence-electron chi connectivity index (χ1n) is 5.77. The molecule has 0 spiro atoms. The summed E-state index contributed by atoms with van der Waals surface area (Å²) >= 11 is 1.32. The number of rotatable bonds is 4. The van der Waals surface area contributed by atoms with Crippen LogP contribution in [0.15, 0.2) is 35.7 Å². The van der Waals surface area contributed by atoms with Gasteiger partial charge in [-0.25, -0.2) is 0 Å². The maximum atomic E-state index is 12.3. The lowest BCUT2D eigenvalue weighted by Crippen LogP contribution is -2.10. The molecule has 20 heavy (non-hydrogen) atoms. The Morgan fingerprint density at radius 3 is 2.75 bits per heavy atom. The number of thiophene rings is 1. The Morgan fingerprint density at radius 2 is 2.20 bits per heavy atom. The normalized spacial score (nSPS) is 11.6. The molecule has 0 saturated carbocycles. The molecule has 1 aromatic heterocycles. The monoisotopic (exact) mass is 286 g/mol. The van der Waals surface area contributed by atoms with Gasteiger partial charge >= 0.3 is 0 Å². The number of nitro benzene ring substituents is 1. The summed E-state index contributed by atoms with van der Waals surface area (Å²) in [5.74, 6) is -1.34. The summed E-state index contributed by atoms with van der Waals surface area (Å²) < 4.78 is 0. The fraction of sp³-hybridized carbons (Fsp3) is 0.143. The van der Waals surface area contributed by atoms with E-state index in [2.05, 4.69) is 0 Å². The SMILES string of the molecule is Cc1ccc(C(=O)C(C#N)c2cccs2)cc1[N+](=O)[O-]. The second kappa shape index (κ2) is 5.63. The topological polar surface area (TPSA) is 84.0 Å². The van der Waals surface area contributed by atoms with Crippen molar-refractivity contribution < 1.29 is 9.72 Å². The number of carbonyl (C=O) groups is 1. The Kier molecular flexibility index (Phi) is 3.91. The first-order valence-corrected chi connectivity index (χ1v) is 6.65. The van der Waals surface area contributed by atoms with Gasteiger partial charge in [-0.05, 0) is 18.4 Å². The van der Waals surface area contributed by atoms with Crippen molar-refractivity contribution in [1.29, 1.82) is 5.26 Å². The van der Waals surface area contributed by atoms with Crippen LogP contribution in [0.1, 0.15) is 26.7 Å². The second-order valence-corrected chi connectivity index (χ2v) is 5.18. The molecule has 0 fully saturated rings. The average Bonchev–Trinajstić information content (AvgIpc) is 2.93. The van der Waals surface area contributed by atoms with E-state index in [1.807, 2.05) is 6.07 Å². The number of benzene rings is 1. The number of nitriles is 1. The minimum atomic E-state index is -0.919. The standard InChI is InChI=1S/C14H10N2O3S/c1-9-4-5-10(7-12(9)16(18)19)14(17)11(8-15)13-3-2-6-20-13/h2-7,11H,1H3. The van der Waals surface area contributed by atoms with Crippen molar-refractivity contribution in [3.05, 3.63) is 61.8 Å². The molecule has 0 amide bonds. The Morgan fingerprint density at radius 1 is 1.45 bits per heavy atom. The van der Waals surface area contributed by atoms with E-state index < -0.39 is 16.6 Å². The fourth-order valence-corrected chi connectivity index (χ4v) is 2.60. The highest BCUT2D eigenvalue weighted by Gasteiger charge is 2.24. The third-order valence-electron chi connectivity index (χ3n) is 2.91. The van der Waals surface area contributed by atoms with Crippen LogP contribution in [0.5, 0.6) is 0 Å². The smallest absolute Gasteiger partial charge is 0.273 e. The van der Waals surface area contributed by atoms with E-state index in [1.54, 1.807) is 24.4 Å². The van der Waals surface area contributed by atoms with Crippen LogP contribution >= 0.6 is 11.3 Å². The van der Waals surface area contributed by atoms with E-state index in [0.717, 1.165) is 0 Å². The first kappa shape index (κ1) is 13.9. The zero-order valence-corrected chi connectivity index (χ0v) is 11.4. The van der Waals surface area contributed by atoms with E-state index in [-0.39, 0.29) is 11.3 Å². The second-order valence-electron chi connectivity index (χ2n) is 4.20. The van der Waals surface area contributed by atoms with Gasteiger partial charge in [0, 0.05) is 22.1 Å². The molecule has 1 heterocycles. The van der Waals surface area contributed by atoms with Crippen LogP contribution < -0.4 is 0 Å². The van der Waals surface area contributed by atoms with Crippen molar-refractivity contribution in [3.63, 3.8) is 0 Å². The van der Waals surface area contributed by atoms with Crippen molar-refractivity contribution in [2.24, 2.45) is 0 Å². The van der Waals surface area contributed by atoms with Crippen molar-refractivity contribution in [2.75, 3.05) is 0 Å². The van der Waals surface area contributed by atoms with Crippen LogP contribution in [0.25, 0.3) is 0 Å². The minimum absolute atomic E-state index is 0.112. The summed E-state index contributed by atoms with van der Waals surface area (Å²) in [5.41, 5.74) is 0.553. The fourth-order valence-electron chi connectivity index (χ4n) is 1.83. The molecule has 0 saturated heterocycles. The van der Waals surface area contributed by atoms with E-state index >= 15 is 0 Å². The van der Waals surface area contributed by atoms with Crippen LogP contribution in [0.3, 0.4) is 0 Å². The lowest BCUT2D eigenvalue weighted by atomic mass is 9.96. The van der Waals surface area contributed by atoms with E-state index in [9.17, 15) is 14.9 Å². The van der Waals surface area contributed by atoms with Gasteiger partial charge in [-0.1, -0.05) is 18.2 Å². The number of ketones is 1. The van der Waals surface area contributed by atoms with Gasteiger partial charge in [0.05, 0.1) is 11.0 Å². The Labute approximate surface area is 119 Å². The van der Waals surface area contributed by atoms with Crippen LogP contribution in [-0.2, 0) is 0 Å². The number of hydrogen-bond donors (Lipinski definition) is 0. The summed E-state index contributed by atoms with van der Waals surface area (Å²) in [5, 5.41) is 21.8. The van der Waals surface area contributed by atoms with E-state index in [1.165, 1.54) is 29.5 Å². The molecule has 0 aliphatic heterocycles. The molecule has 1 unspecified atom stereocenters. The molecule has 1 atom stereocenters. The molecule has 0 radical (unpaired) electrons. The van der Waals surface area contributed by atoms with Gasteiger partial charge in [0.2, 0.25) is 0 Å². The number of aryl methyl sites for hydroxylation is 1. The van der Waals surface area contributed by atoms with Gasteiger partial charge in [0.1, 0.15) is 5.92 Å². The van der Waals surface area contributed by atoms with Crippen molar-refractivity contribution in [1.82, 2.24) is 0 Å². The first-order chi connectivity index (χ1) is 9.54. The van der Waals surface area contributed by atoms with Crippen LogP contribution in [0, 0.1) is 28.4 Å². The van der Waals surface area contributed by atoms with Crippen LogP contribution in [0.4, 0.5) is 5.69 Å². The molecular formula is C14H10N2O3S. The van der Waals surface area contributed by atoms with Gasteiger partial charge < -0.3 is 0 Å². The number of hydrogen-bond acceptors (Lipinski definition) is 5. The number of nitro groups is 1. The van der Waals surface area contributed by atoms with E-state index in [0.29, 0.717) is 10.4 Å². The molecule has 0 bridgehead atoms. The third kappa shape index (κ3) is 2.58. The summed E-state index contributed by atoms with van der Waals surface area (Å²) in [6.45, 7) is 1.60. The molecular weight excluding hydrogens is 276 g/mol. The maximum absolute atomic E-state index is 12.3. The van der Waals surface area contributed by atoms with Crippen molar-refractivity contribution in [2.45, 2.75) is 12.8 Å². The molecule has 0 N–H and O–H groups in total. The summed E-state index contributed by atoms with van der Waals surface area (Å²) in [4.78, 5) is 23.3. The number of nitrogens with zero attached hydrogens (tertiary/aromatic N) is 2. The number of carbonyl (C=O) groups excluding carboxylic acids is 1. The molecule has 1 aromatic carbocycles. The molecule has 0 aliphatic carbocycles. The van der Waals surface area contributed by atoms with Crippen LogP contribution in [0.2, 0.25) is 0 Å². The summed E-state index contributed by atoms with van der Waals surface area (Å²) in [6, 6.07) is 9.69. The Balaban J connectivity index is 2.41. The van der Waals surface area contributed by atoms with Gasteiger partial charge in [-0.3, -0.25) is 14.9 Å². The minimum Gasteiger partial charge on any atom is -0.292 e. The molecule has 100 valence electrons. The highest BCUT2D eigenvalue weighted by Crippen LogP contribution is 2.27. The zero-order chi connectivity index (χ0) is 14.7. The largest absolute Gasteiger partial charge is 0.292 e. The van der Waals surface area contributed by atoms with E-state index in [4.69, 9.17) is 5.26 Å². The third-order valence-corrected chi connectivity index (χ3v) is 3.85. The number of Topliss-reactive ketones (excluding diaryl/α,β-unsaturated/α-hetero) is 1.